The SMILES string of the molecule is Cc1nc(-c2c(C(F)(F)F)ccc(CNC(=O)C3CCC(OCc4ccc(F)c(F)c4)CC3)c2F)[nH]c(=O)c1F. The van der Waals surface area contributed by atoms with Crippen LogP contribution in [0.25, 0.3) is 11.4 Å². The van der Waals surface area contributed by atoms with Crippen molar-refractivity contribution in [2.45, 2.75) is 58.0 Å². The Morgan fingerprint density at radius 2 is 1.73 bits per heavy atom. The van der Waals surface area contributed by atoms with E-state index in [0.29, 0.717) is 37.3 Å². The molecule has 0 bridgehead atoms. The normalized spacial score (nSPS) is 17.6. The number of halogens is 7. The number of rotatable bonds is 7. The Hall–Kier alpha value is -3.74. The number of H-pyrrole nitrogens is 1. The van der Waals surface area contributed by atoms with Crippen LogP contribution in [0.3, 0.4) is 0 Å². The number of hydrogen-bond donors (Lipinski definition) is 2. The minimum absolute atomic E-state index is 0.0714. The first-order valence-electron chi connectivity index (χ1n) is 12.3. The first kappa shape index (κ1) is 29.2. The number of benzene rings is 2. The van der Waals surface area contributed by atoms with Gasteiger partial charge in [0.05, 0.1) is 29.5 Å². The van der Waals surface area contributed by atoms with Gasteiger partial charge in [-0.1, -0.05) is 12.1 Å². The third-order valence-corrected chi connectivity index (χ3v) is 6.76. The number of hydrogen-bond acceptors (Lipinski definition) is 4. The molecule has 1 saturated carbocycles. The topological polar surface area (TPSA) is 84.1 Å². The molecule has 3 aromatic rings. The van der Waals surface area contributed by atoms with Crippen LogP contribution in [0.1, 0.15) is 48.1 Å². The van der Waals surface area contributed by atoms with Crippen LogP contribution >= 0.6 is 0 Å². The molecule has 1 fully saturated rings. The van der Waals surface area contributed by atoms with Gasteiger partial charge in [0.15, 0.2) is 11.6 Å². The Morgan fingerprint density at radius 1 is 1.02 bits per heavy atom. The summed E-state index contributed by atoms with van der Waals surface area (Å²) in [6.07, 6.45) is -3.36. The van der Waals surface area contributed by atoms with E-state index in [1.165, 1.54) is 6.07 Å². The van der Waals surface area contributed by atoms with Crippen LogP contribution in [0.15, 0.2) is 35.1 Å². The third-order valence-electron chi connectivity index (χ3n) is 6.76. The van der Waals surface area contributed by atoms with E-state index in [0.717, 1.165) is 25.1 Å². The molecule has 1 heterocycles. The Labute approximate surface area is 223 Å². The monoisotopic (exact) mass is 571 g/mol. The van der Waals surface area contributed by atoms with Gasteiger partial charge in [0.25, 0.3) is 5.56 Å². The second-order valence-corrected chi connectivity index (χ2v) is 9.52. The standard InChI is InChI=1S/C27H24F7N3O3/c1-13-22(30)26(39)37-24(36-13)21-18(27(32,33)34)8-5-16(23(21)31)11-35-25(38)15-3-6-17(7-4-15)40-12-14-2-9-19(28)20(29)10-14/h2,5,8-10,15,17H,3-4,6-7,11-12H2,1H3,(H,35,38)(H,36,37,39). The minimum atomic E-state index is -5.01. The summed E-state index contributed by atoms with van der Waals surface area (Å²) in [7, 11) is 0. The summed E-state index contributed by atoms with van der Waals surface area (Å²) in [5.74, 6) is -6.26. The zero-order valence-corrected chi connectivity index (χ0v) is 21.1. The Kier molecular flexibility index (Phi) is 8.62. The number of alkyl halides is 3. The van der Waals surface area contributed by atoms with Gasteiger partial charge in [-0.3, -0.25) is 9.59 Å². The number of aryl methyl sites for hydroxylation is 1. The van der Waals surface area contributed by atoms with Crippen molar-refractivity contribution in [1.29, 1.82) is 0 Å². The average Bonchev–Trinajstić information content (AvgIpc) is 2.90. The van der Waals surface area contributed by atoms with Gasteiger partial charge in [-0.15, -0.1) is 0 Å². The highest BCUT2D eigenvalue weighted by molar-refractivity contribution is 5.78. The average molecular weight is 571 g/mol. The first-order valence-corrected chi connectivity index (χ1v) is 12.3. The lowest BCUT2D eigenvalue weighted by atomic mass is 9.86. The van der Waals surface area contributed by atoms with E-state index < -0.39 is 76.0 Å². The van der Waals surface area contributed by atoms with Crippen LogP contribution in [0.2, 0.25) is 0 Å². The zero-order chi connectivity index (χ0) is 29.2. The highest BCUT2D eigenvalue weighted by Gasteiger charge is 2.37. The van der Waals surface area contributed by atoms with Crippen LogP contribution in [0.4, 0.5) is 30.7 Å². The summed E-state index contributed by atoms with van der Waals surface area (Å²) in [5.41, 5.74) is -4.15. The number of ether oxygens (including phenoxy) is 1. The molecule has 0 saturated heterocycles. The lowest BCUT2D eigenvalue weighted by Gasteiger charge is -2.28. The van der Waals surface area contributed by atoms with Gasteiger partial charge in [0, 0.05) is 18.0 Å². The van der Waals surface area contributed by atoms with Gasteiger partial charge in [0.2, 0.25) is 11.7 Å². The predicted octanol–water partition coefficient (Wildman–Crippen LogP) is 5.71. The van der Waals surface area contributed by atoms with Crippen molar-refractivity contribution < 1.29 is 40.3 Å². The number of aromatic amines is 1. The zero-order valence-electron chi connectivity index (χ0n) is 21.1. The minimum Gasteiger partial charge on any atom is -0.374 e. The lowest BCUT2D eigenvalue weighted by molar-refractivity contribution is -0.137. The highest BCUT2D eigenvalue weighted by Crippen LogP contribution is 2.38. The molecule has 0 spiro atoms. The molecular formula is C27H24F7N3O3. The lowest BCUT2D eigenvalue weighted by Crippen LogP contribution is -2.34. The maximum Gasteiger partial charge on any atom is 0.417 e. The largest absolute Gasteiger partial charge is 0.417 e. The molecule has 4 rings (SSSR count). The third kappa shape index (κ3) is 6.52. The maximum absolute atomic E-state index is 15.4. The predicted molar refractivity (Wildman–Crippen MR) is 129 cm³/mol. The molecule has 0 aliphatic heterocycles. The van der Waals surface area contributed by atoms with Crippen molar-refractivity contribution in [2.75, 3.05) is 0 Å². The van der Waals surface area contributed by atoms with Crippen molar-refractivity contribution in [3.8, 4) is 11.4 Å². The van der Waals surface area contributed by atoms with E-state index in [2.05, 4.69) is 10.3 Å². The molecule has 0 unspecified atom stereocenters. The number of nitrogens with one attached hydrogen (secondary N) is 2. The van der Waals surface area contributed by atoms with Crippen molar-refractivity contribution in [3.63, 3.8) is 0 Å². The second kappa shape index (κ2) is 11.8. The van der Waals surface area contributed by atoms with E-state index in [4.69, 9.17) is 4.74 Å². The fraction of sp³-hybridized carbons (Fsp3) is 0.370. The van der Waals surface area contributed by atoms with E-state index in [9.17, 15) is 35.9 Å². The van der Waals surface area contributed by atoms with E-state index >= 15 is 4.39 Å². The maximum atomic E-state index is 15.4. The van der Waals surface area contributed by atoms with E-state index in [1.54, 1.807) is 0 Å². The Balaban J connectivity index is 1.40. The van der Waals surface area contributed by atoms with Crippen LogP contribution < -0.4 is 10.9 Å². The summed E-state index contributed by atoms with van der Waals surface area (Å²) < 4.78 is 102. The molecule has 1 aliphatic carbocycles. The van der Waals surface area contributed by atoms with Crippen LogP contribution in [0, 0.1) is 36.1 Å². The van der Waals surface area contributed by atoms with Crippen LogP contribution in [-0.2, 0) is 28.9 Å². The Bertz CT molecular complexity index is 1460. The number of nitrogens with zero attached hydrogens (tertiary/aromatic N) is 1. The molecule has 2 aromatic carbocycles. The molecule has 13 heteroatoms. The molecule has 6 nitrogen and oxygen atoms in total. The molecule has 1 amide bonds. The van der Waals surface area contributed by atoms with Crippen LogP contribution in [-0.4, -0.2) is 22.0 Å². The fourth-order valence-electron chi connectivity index (χ4n) is 4.58. The van der Waals surface area contributed by atoms with E-state index in [-0.39, 0.29) is 18.3 Å². The Morgan fingerprint density at radius 3 is 2.35 bits per heavy atom. The number of amides is 1. The van der Waals surface area contributed by atoms with Gasteiger partial charge < -0.3 is 15.0 Å². The molecule has 0 atom stereocenters. The fourth-order valence-corrected chi connectivity index (χ4v) is 4.58. The van der Waals surface area contributed by atoms with Gasteiger partial charge in [-0.05, 0) is 56.4 Å². The molecule has 1 aromatic heterocycles. The van der Waals surface area contributed by atoms with Crippen molar-refractivity contribution in [1.82, 2.24) is 15.3 Å². The summed E-state index contributed by atoms with van der Waals surface area (Å²) in [4.78, 5) is 29.9. The summed E-state index contributed by atoms with van der Waals surface area (Å²) in [6.45, 7) is 0.695. The number of carbonyl (C=O) groups is 1. The van der Waals surface area contributed by atoms with E-state index in [1.807, 2.05) is 4.98 Å². The smallest absolute Gasteiger partial charge is 0.374 e. The number of carbonyl (C=O) groups excluding carboxylic acids is 1. The number of aromatic nitrogens is 2. The molecule has 0 radical (unpaired) electrons. The molecular weight excluding hydrogens is 547 g/mol. The molecule has 40 heavy (non-hydrogen) atoms. The second-order valence-electron chi connectivity index (χ2n) is 9.52. The van der Waals surface area contributed by atoms with Crippen molar-refractivity contribution in [3.05, 3.63) is 86.3 Å². The van der Waals surface area contributed by atoms with Crippen molar-refractivity contribution >= 4 is 5.91 Å². The quantitative estimate of drug-likeness (QED) is 0.356. The van der Waals surface area contributed by atoms with Gasteiger partial charge in [-0.25, -0.2) is 18.2 Å². The molecule has 2 N–H and O–H groups in total. The van der Waals surface area contributed by atoms with Gasteiger partial charge >= 0.3 is 6.18 Å². The van der Waals surface area contributed by atoms with Crippen LogP contribution in [0.5, 0.6) is 0 Å². The molecule has 1 aliphatic rings. The summed E-state index contributed by atoms with van der Waals surface area (Å²) in [5, 5.41) is 2.53. The summed E-state index contributed by atoms with van der Waals surface area (Å²) in [6, 6.07) is 4.95. The molecule has 214 valence electrons. The van der Waals surface area contributed by atoms with Gasteiger partial charge in [-0.2, -0.15) is 17.6 Å². The van der Waals surface area contributed by atoms with Gasteiger partial charge in [0.1, 0.15) is 11.6 Å². The van der Waals surface area contributed by atoms with Crippen molar-refractivity contribution in [2.24, 2.45) is 5.92 Å². The summed E-state index contributed by atoms with van der Waals surface area (Å²) >= 11 is 0. The first-order chi connectivity index (χ1) is 18.8. The highest BCUT2D eigenvalue weighted by atomic mass is 19.4.